The number of carbonyl (C=O) groups excluding carboxylic acids is 1. The highest BCUT2D eigenvalue weighted by Gasteiger charge is 2.13. The predicted molar refractivity (Wildman–Crippen MR) is 63.8 cm³/mol. The van der Waals surface area contributed by atoms with Gasteiger partial charge in [0.2, 0.25) is 5.91 Å². The number of halogens is 3. The van der Waals surface area contributed by atoms with Gasteiger partial charge >= 0.3 is 0 Å². The van der Waals surface area contributed by atoms with E-state index in [9.17, 15) is 13.6 Å². The van der Waals surface area contributed by atoms with E-state index in [0.717, 1.165) is 12.1 Å². The molecular formula is C11H15ClF2N2O. The SMILES string of the molecule is CC(NC(=O)CCN)c1ccc(F)cc1F.Cl. The molecule has 0 bridgehead atoms. The Morgan fingerprint density at radius 2 is 2.12 bits per heavy atom. The van der Waals surface area contributed by atoms with Crippen LogP contribution in [0.1, 0.15) is 24.9 Å². The number of carbonyl (C=O) groups is 1. The van der Waals surface area contributed by atoms with Crippen molar-refractivity contribution in [2.24, 2.45) is 5.73 Å². The lowest BCUT2D eigenvalue weighted by atomic mass is 10.1. The number of benzene rings is 1. The largest absolute Gasteiger partial charge is 0.349 e. The van der Waals surface area contributed by atoms with Crippen molar-refractivity contribution in [1.82, 2.24) is 5.32 Å². The van der Waals surface area contributed by atoms with Crippen molar-refractivity contribution >= 4 is 18.3 Å². The molecule has 0 spiro atoms. The predicted octanol–water partition coefficient (Wildman–Crippen LogP) is 1.91. The van der Waals surface area contributed by atoms with Crippen molar-refractivity contribution in [3.05, 3.63) is 35.4 Å². The highest BCUT2D eigenvalue weighted by atomic mass is 35.5. The fraction of sp³-hybridized carbons (Fsp3) is 0.364. The van der Waals surface area contributed by atoms with Gasteiger partial charge in [-0.1, -0.05) is 6.07 Å². The van der Waals surface area contributed by atoms with E-state index in [-0.39, 0.29) is 36.8 Å². The van der Waals surface area contributed by atoms with Gasteiger partial charge in [0.25, 0.3) is 0 Å². The minimum absolute atomic E-state index is 0. The van der Waals surface area contributed by atoms with Crippen LogP contribution in [-0.2, 0) is 4.79 Å². The van der Waals surface area contributed by atoms with Gasteiger partial charge in [0.1, 0.15) is 11.6 Å². The maximum Gasteiger partial charge on any atom is 0.221 e. The smallest absolute Gasteiger partial charge is 0.221 e. The average Bonchev–Trinajstić information content (AvgIpc) is 2.17. The van der Waals surface area contributed by atoms with Gasteiger partial charge < -0.3 is 11.1 Å². The summed E-state index contributed by atoms with van der Waals surface area (Å²) in [7, 11) is 0. The van der Waals surface area contributed by atoms with E-state index in [2.05, 4.69) is 5.32 Å². The van der Waals surface area contributed by atoms with Crippen LogP contribution >= 0.6 is 12.4 Å². The Kier molecular flexibility index (Phi) is 6.68. The first kappa shape index (κ1) is 15.8. The van der Waals surface area contributed by atoms with Crippen molar-refractivity contribution in [2.75, 3.05) is 6.54 Å². The summed E-state index contributed by atoms with van der Waals surface area (Å²) >= 11 is 0. The standard InChI is InChI=1S/C11H14F2N2O.ClH/c1-7(15-11(16)4-5-14)9-3-2-8(12)6-10(9)13;/h2-3,6-7H,4-5,14H2,1H3,(H,15,16);1H. The number of hydrogen-bond acceptors (Lipinski definition) is 2. The molecule has 1 atom stereocenters. The Bertz CT molecular complexity index is 388. The molecule has 0 aliphatic carbocycles. The molecule has 1 rings (SSSR count). The molecular weight excluding hydrogens is 250 g/mol. The van der Waals surface area contributed by atoms with Crippen molar-refractivity contribution < 1.29 is 13.6 Å². The quantitative estimate of drug-likeness (QED) is 0.873. The molecule has 0 heterocycles. The van der Waals surface area contributed by atoms with Gasteiger partial charge in [-0.05, 0) is 13.0 Å². The molecule has 3 N–H and O–H groups in total. The Morgan fingerprint density at radius 1 is 1.47 bits per heavy atom. The van der Waals surface area contributed by atoms with Gasteiger partial charge in [-0.15, -0.1) is 12.4 Å². The van der Waals surface area contributed by atoms with Crippen LogP contribution in [0, 0.1) is 11.6 Å². The zero-order valence-electron chi connectivity index (χ0n) is 9.37. The maximum atomic E-state index is 13.3. The van der Waals surface area contributed by atoms with E-state index in [4.69, 9.17) is 5.73 Å². The highest BCUT2D eigenvalue weighted by Crippen LogP contribution is 2.17. The zero-order valence-corrected chi connectivity index (χ0v) is 10.2. The molecule has 0 aliphatic rings. The fourth-order valence-electron chi connectivity index (χ4n) is 1.38. The molecule has 3 nitrogen and oxygen atoms in total. The summed E-state index contributed by atoms with van der Waals surface area (Å²) in [6, 6.07) is 2.77. The van der Waals surface area contributed by atoms with Gasteiger partial charge in [-0.2, -0.15) is 0 Å². The molecule has 0 saturated carbocycles. The summed E-state index contributed by atoms with van der Waals surface area (Å²) in [6.45, 7) is 1.87. The first-order chi connectivity index (χ1) is 7.54. The van der Waals surface area contributed by atoms with Crippen LogP contribution in [0.4, 0.5) is 8.78 Å². The monoisotopic (exact) mass is 264 g/mol. The second-order valence-corrected chi connectivity index (χ2v) is 3.49. The molecule has 0 radical (unpaired) electrons. The summed E-state index contributed by atoms with van der Waals surface area (Å²) < 4.78 is 26.0. The average molecular weight is 265 g/mol. The normalized spacial score (nSPS) is 11.5. The molecule has 6 heteroatoms. The van der Waals surface area contributed by atoms with E-state index in [1.807, 2.05) is 0 Å². The Morgan fingerprint density at radius 3 is 2.65 bits per heavy atom. The van der Waals surface area contributed by atoms with Gasteiger partial charge in [0, 0.05) is 24.6 Å². The minimum Gasteiger partial charge on any atom is -0.349 e. The van der Waals surface area contributed by atoms with Gasteiger partial charge in [-0.3, -0.25) is 4.79 Å². The van der Waals surface area contributed by atoms with Crippen LogP contribution in [0.5, 0.6) is 0 Å². The molecule has 0 fully saturated rings. The summed E-state index contributed by atoms with van der Waals surface area (Å²) in [5, 5.41) is 2.58. The lowest BCUT2D eigenvalue weighted by molar-refractivity contribution is -0.121. The van der Waals surface area contributed by atoms with Gasteiger partial charge in [0.05, 0.1) is 6.04 Å². The Labute approximate surface area is 105 Å². The van der Waals surface area contributed by atoms with Gasteiger partial charge in [0.15, 0.2) is 0 Å². The second-order valence-electron chi connectivity index (χ2n) is 3.49. The van der Waals surface area contributed by atoms with Crippen LogP contribution in [0.3, 0.4) is 0 Å². The van der Waals surface area contributed by atoms with Crippen molar-refractivity contribution in [3.63, 3.8) is 0 Å². The molecule has 0 aliphatic heterocycles. The number of hydrogen-bond donors (Lipinski definition) is 2. The molecule has 0 saturated heterocycles. The number of amides is 1. The van der Waals surface area contributed by atoms with Crippen LogP contribution in [0.15, 0.2) is 18.2 Å². The van der Waals surface area contributed by atoms with Gasteiger partial charge in [-0.25, -0.2) is 8.78 Å². The first-order valence-electron chi connectivity index (χ1n) is 4.99. The van der Waals surface area contributed by atoms with E-state index >= 15 is 0 Å². The van der Waals surface area contributed by atoms with Crippen molar-refractivity contribution in [3.8, 4) is 0 Å². The highest BCUT2D eigenvalue weighted by molar-refractivity contribution is 5.85. The first-order valence-corrected chi connectivity index (χ1v) is 4.99. The van der Waals surface area contributed by atoms with Crippen molar-refractivity contribution in [2.45, 2.75) is 19.4 Å². The minimum atomic E-state index is -0.666. The van der Waals surface area contributed by atoms with E-state index in [1.54, 1.807) is 6.92 Å². The van der Waals surface area contributed by atoms with Crippen molar-refractivity contribution in [1.29, 1.82) is 0 Å². The topological polar surface area (TPSA) is 55.1 Å². The molecule has 0 aromatic heterocycles. The molecule has 1 aromatic carbocycles. The lowest BCUT2D eigenvalue weighted by Gasteiger charge is -2.14. The lowest BCUT2D eigenvalue weighted by Crippen LogP contribution is -2.28. The molecule has 1 aromatic rings. The molecule has 17 heavy (non-hydrogen) atoms. The number of nitrogens with two attached hydrogens (primary N) is 1. The second kappa shape index (κ2) is 7.19. The third-order valence-electron chi connectivity index (χ3n) is 2.18. The van der Waals surface area contributed by atoms with E-state index < -0.39 is 17.7 Å². The molecule has 1 amide bonds. The molecule has 96 valence electrons. The third kappa shape index (κ3) is 4.66. The fourth-order valence-corrected chi connectivity index (χ4v) is 1.38. The summed E-state index contributed by atoms with van der Waals surface area (Å²) in [5.41, 5.74) is 5.47. The van der Waals surface area contributed by atoms with Crippen LogP contribution in [0.2, 0.25) is 0 Å². The Balaban J connectivity index is 0.00000256. The maximum absolute atomic E-state index is 13.3. The number of rotatable bonds is 4. The van der Waals surface area contributed by atoms with Crippen LogP contribution in [-0.4, -0.2) is 12.5 Å². The number of nitrogens with one attached hydrogen (secondary N) is 1. The molecule has 1 unspecified atom stereocenters. The van der Waals surface area contributed by atoms with E-state index in [1.165, 1.54) is 6.07 Å². The Hall–Kier alpha value is -1.20. The van der Waals surface area contributed by atoms with Crippen LogP contribution in [0.25, 0.3) is 0 Å². The van der Waals surface area contributed by atoms with Crippen LogP contribution < -0.4 is 11.1 Å². The summed E-state index contributed by atoms with van der Waals surface area (Å²) in [4.78, 5) is 11.2. The summed E-state index contributed by atoms with van der Waals surface area (Å²) in [5.74, 6) is -1.55. The third-order valence-corrected chi connectivity index (χ3v) is 2.18. The summed E-state index contributed by atoms with van der Waals surface area (Å²) in [6.07, 6.45) is 0.188. The van der Waals surface area contributed by atoms with E-state index in [0.29, 0.717) is 0 Å². The zero-order chi connectivity index (χ0) is 12.1.